The predicted octanol–water partition coefficient (Wildman–Crippen LogP) is 2.67. The third-order valence-electron chi connectivity index (χ3n) is 3.35. The summed E-state index contributed by atoms with van der Waals surface area (Å²) in [6.07, 6.45) is 3.36. The van der Waals surface area contributed by atoms with Crippen molar-refractivity contribution in [1.82, 2.24) is 0 Å². The minimum absolute atomic E-state index is 0.257. The normalized spacial score (nSPS) is 20.8. The lowest BCUT2D eigenvalue weighted by atomic mass is 9.90. The molecule has 0 radical (unpaired) electrons. The van der Waals surface area contributed by atoms with Gasteiger partial charge in [-0.15, -0.1) is 0 Å². The van der Waals surface area contributed by atoms with Crippen molar-refractivity contribution in [3.63, 3.8) is 0 Å². The molecule has 92 valence electrons. The van der Waals surface area contributed by atoms with Gasteiger partial charge in [0.15, 0.2) is 0 Å². The maximum Gasteiger partial charge on any atom is 0.282 e. The van der Waals surface area contributed by atoms with Crippen LogP contribution in [0.15, 0.2) is 35.3 Å². The van der Waals surface area contributed by atoms with Crippen molar-refractivity contribution in [3.8, 4) is 0 Å². The number of amidine groups is 1. The second-order valence-electron chi connectivity index (χ2n) is 4.53. The summed E-state index contributed by atoms with van der Waals surface area (Å²) in [7, 11) is 0. The summed E-state index contributed by atoms with van der Waals surface area (Å²) >= 11 is 0. The Labute approximate surface area is 103 Å². The molecule has 0 saturated heterocycles. The van der Waals surface area contributed by atoms with E-state index in [0.717, 1.165) is 19.3 Å². The number of rotatable bonds is 5. The Balaban J connectivity index is 1.88. The van der Waals surface area contributed by atoms with Crippen LogP contribution in [0.5, 0.6) is 0 Å². The van der Waals surface area contributed by atoms with Gasteiger partial charge >= 0.3 is 0 Å². The molecule has 0 aromatic heterocycles. The maximum atomic E-state index is 5.50. The first-order chi connectivity index (χ1) is 8.29. The van der Waals surface area contributed by atoms with Crippen LogP contribution in [0.4, 0.5) is 0 Å². The Morgan fingerprint density at radius 1 is 1.41 bits per heavy atom. The van der Waals surface area contributed by atoms with E-state index in [9.17, 15) is 0 Å². The van der Waals surface area contributed by atoms with Crippen LogP contribution in [0.1, 0.15) is 37.7 Å². The maximum absolute atomic E-state index is 5.50. The fourth-order valence-corrected chi connectivity index (χ4v) is 2.31. The van der Waals surface area contributed by atoms with Gasteiger partial charge in [0, 0.05) is 0 Å². The molecule has 1 aliphatic rings. The highest BCUT2D eigenvalue weighted by molar-refractivity contribution is 5.72. The smallest absolute Gasteiger partial charge is 0.282 e. The fraction of sp³-hybridized carbons (Fsp3) is 0.500. The first-order valence-corrected chi connectivity index (χ1v) is 6.30. The lowest BCUT2D eigenvalue weighted by Gasteiger charge is -2.16. The summed E-state index contributed by atoms with van der Waals surface area (Å²) in [6, 6.07) is 11.3. The molecule has 1 aromatic rings. The van der Waals surface area contributed by atoms with E-state index in [2.05, 4.69) is 42.2 Å². The van der Waals surface area contributed by atoms with E-state index in [1.165, 1.54) is 5.56 Å². The van der Waals surface area contributed by atoms with Crippen molar-refractivity contribution < 1.29 is 4.74 Å². The molecule has 1 aromatic carbocycles. The molecule has 3 nitrogen and oxygen atoms in total. The van der Waals surface area contributed by atoms with E-state index in [4.69, 9.17) is 10.5 Å². The second-order valence-corrected chi connectivity index (χ2v) is 4.53. The van der Waals surface area contributed by atoms with E-state index >= 15 is 0 Å². The molecule has 0 spiro atoms. The SMILES string of the molecule is CCC(CC[C@H]1COC(N)=N1)c1ccccc1. The molecule has 0 saturated carbocycles. The van der Waals surface area contributed by atoms with Gasteiger partial charge in [-0.25, -0.2) is 4.99 Å². The lowest BCUT2D eigenvalue weighted by molar-refractivity contribution is 0.303. The summed E-state index contributed by atoms with van der Waals surface area (Å²) in [5.41, 5.74) is 6.93. The van der Waals surface area contributed by atoms with Crippen molar-refractivity contribution in [2.45, 2.75) is 38.1 Å². The summed E-state index contributed by atoms with van der Waals surface area (Å²) < 4.78 is 5.16. The van der Waals surface area contributed by atoms with E-state index in [1.807, 2.05) is 0 Å². The highest BCUT2D eigenvalue weighted by atomic mass is 16.5. The number of aliphatic imine (C=N–C) groups is 1. The van der Waals surface area contributed by atoms with Crippen LogP contribution in [-0.2, 0) is 4.74 Å². The Morgan fingerprint density at radius 3 is 2.76 bits per heavy atom. The van der Waals surface area contributed by atoms with Crippen LogP contribution < -0.4 is 5.73 Å². The van der Waals surface area contributed by atoms with Gasteiger partial charge in [0.1, 0.15) is 6.61 Å². The summed E-state index contributed by atoms with van der Waals surface area (Å²) in [5, 5.41) is 0. The van der Waals surface area contributed by atoms with Crippen LogP contribution in [0.2, 0.25) is 0 Å². The lowest BCUT2D eigenvalue weighted by Crippen LogP contribution is -2.10. The zero-order chi connectivity index (χ0) is 12.1. The number of ether oxygens (including phenoxy) is 1. The minimum Gasteiger partial charge on any atom is -0.463 e. The topological polar surface area (TPSA) is 47.6 Å². The molecule has 0 amide bonds. The molecule has 17 heavy (non-hydrogen) atoms. The predicted molar refractivity (Wildman–Crippen MR) is 70.1 cm³/mol. The summed E-state index contributed by atoms with van der Waals surface area (Å²) in [6.45, 7) is 2.89. The Kier molecular flexibility index (Phi) is 4.02. The average Bonchev–Trinajstić information content (AvgIpc) is 2.77. The highest BCUT2D eigenvalue weighted by Gasteiger charge is 2.18. The van der Waals surface area contributed by atoms with Gasteiger partial charge in [0.2, 0.25) is 0 Å². The van der Waals surface area contributed by atoms with Gasteiger partial charge in [-0.1, -0.05) is 37.3 Å². The van der Waals surface area contributed by atoms with Gasteiger partial charge in [0.25, 0.3) is 6.02 Å². The molecule has 2 N–H and O–H groups in total. The van der Waals surface area contributed by atoms with Gasteiger partial charge in [-0.05, 0) is 30.7 Å². The van der Waals surface area contributed by atoms with Gasteiger partial charge in [0.05, 0.1) is 6.04 Å². The van der Waals surface area contributed by atoms with Crippen LogP contribution in [-0.4, -0.2) is 18.7 Å². The average molecular weight is 232 g/mol. The van der Waals surface area contributed by atoms with Crippen molar-refractivity contribution >= 4 is 6.02 Å². The van der Waals surface area contributed by atoms with E-state index in [-0.39, 0.29) is 6.04 Å². The number of hydrogen-bond acceptors (Lipinski definition) is 3. The molecular formula is C14H20N2O. The van der Waals surface area contributed by atoms with Crippen LogP contribution in [0.3, 0.4) is 0 Å². The third-order valence-corrected chi connectivity index (χ3v) is 3.35. The molecule has 0 bridgehead atoms. The van der Waals surface area contributed by atoms with E-state index in [0.29, 0.717) is 18.5 Å². The van der Waals surface area contributed by atoms with E-state index < -0.39 is 0 Å². The highest BCUT2D eigenvalue weighted by Crippen LogP contribution is 2.26. The zero-order valence-corrected chi connectivity index (χ0v) is 10.3. The molecule has 1 aliphatic heterocycles. The molecule has 2 atom stereocenters. The molecule has 1 heterocycles. The first kappa shape index (κ1) is 12.0. The van der Waals surface area contributed by atoms with Crippen LogP contribution in [0.25, 0.3) is 0 Å². The Bertz CT molecular complexity index is 375. The Hall–Kier alpha value is -1.51. The van der Waals surface area contributed by atoms with Crippen LogP contribution in [0, 0.1) is 0 Å². The van der Waals surface area contributed by atoms with Crippen molar-refractivity contribution in [2.75, 3.05) is 6.61 Å². The van der Waals surface area contributed by atoms with Gasteiger partial charge < -0.3 is 10.5 Å². The molecule has 0 fully saturated rings. The van der Waals surface area contributed by atoms with Gasteiger partial charge in [-0.2, -0.15) is 0 Å². The van der Waals surface area contributed by atoms with Crippen molar-refractivity contribution in [1.29, 1.82) is 0 Å². The number of nitrogens with two attached hydrogens (primary N) is 1. The largest absolute Gasteiger partial charge is 0.463 e. The standard InChI is InChI=1S/C14H20N2O/c1-2-11(12-6-4-3-5-7-12)8-9-13-10-17-14(15)16-13/h3-7,11,13H,2,8-10H2,1H3,(H2,15,16)/t11?,13-/m0/s1. The molecular weight excluding hydrogens is 212 g/mol. The summed E-state index contributed by atoms with van der Waals surface area (Å²) in [5.74, 6) is 0.619. The molecule has 1 unspecified atom stereocenters. The quantitative estimate of drug-likeness (QED) is 0.848. The number of benzene rings is 1. The van der Waals surface area contributed by atoms with E-state index in [1.54, 1.807) is 0 Å². The second kappa shape index (κ2) is 5.71. The first-order valence-electron chi connectivity index (χ1n) is 6.30. The van der Waals surface area contributed by atoms with Crippen LogP contribution >= 0.6 is 0 Å². The zero-order valence-electron chi connectivity index (χ0n) is 10.3. The Morgan fingerprint density at radius 2 is 2.18 bits per heavy atom. The molecule has 3 heteroatoms. The van der Waals surface area contributed by atoms with Crippen molar-refractivity contribution in [2.24, 2.45) is 10.7 Å². The third kappa shape index (κ3) is 3.22. The molecule has 2 rings (SSSR count). The minimum atomic E-state index is 0.257. The monoisotopic (exact) mass is 232 g/mol. The number of hydrogen-bond donors (Lipinski definition) is 1. The van der Waals surface area contributed by atoms with Gasteiger partial charge in [-0.3, -0.25) is 0 Å². The molecule has 0 aliphatic carbocycles. The van der Waals surface area contributed by atoms with Crippen molar-refractivity contribution in [3.05, 3.63) is 35.9 Å². The fourth-order valence-electron chi connectivity index (χ4n) is 2.31. The summed E-state index contributed by atoms with van der Waals surface area (Å²) in [4.78, 5) is 4.26. The number of nitrogens with zero attached hydrogens (tertiary/aromatic N) is 1.